The summed E-state index contributed by atoms with van der Waals surface area (Å²) in [5.41, 5.74) is 2.80. The van der Waals surface area contributed by atoms with Crippen LogP contribution in [0.4, 0.5) is 5.69 Å². The Morgan fingerprint density at radius 1 is 1.09 bits per heavy atom. The Morgan fingerprint density at radius 3 is 2.73 bits per heavy atom. The van der Waals surface area contributed by atoms with Gasteiger partial charge in [0.15, 0.2) is 0 Å². The Labute approximate surface area is 147 Å². The van der Waals surface area contributed by atoms with Crippen molar-refractivity contribution in [1.82, 2.24) is 10.2 Å². The molecule has 1 aromatic rings. The summed E-state index contributed by atoms with van der Waals surface area (Å²) >= 11 is 3.62. The topological polar surface area (TPSA) is 27.7 Å². The van der Waals surface area contributed by atoms with Crippen molar-refractivity contribution >= 4 is 34.0 Å². The van der Waals surface area contributed by atoms with Gasteiger partial charge in [-0.05, 0) is 37.2 Å². The van der Waals surface area contributed by atoms with Gasteiger partial charge in [-0.3, -0.25) is 4.90 Å². The predicted octanol–water partition coefficient (Wildman–Crippen LogP) is 2.50. The second-order valence-electron chi connectivity index (χ2n) is 5.75. The molecule has 124 valence electrons. The molecule has 0 atom stereocenters. The van der Waals surface area contributed by atoms with Gasteiger partial charge in [0, 0.05) is 42.9 Å². The van der Waals surface area contributed by atoms with E-state index in [0.717, 1.165) is 57.0 Å². The standard InChI is InChI=1S/C16H24BrN3O.ClH/c17-15-3-2-14(13-19-6-1-4-18-5-7-19)16(12-15)20-8-10-21-11-9-20;/h2-3,12,18H,1,4-11,13H2;1H. The van der Waals surface area contributed by atoms with E-state index in [1.54, 1.807) is 0 Å². The summed E-state index contributed by atoms with van der Waals surface area (Å²) in [4.78, 5) is 5.02. The molecule has 2 heterocycles. The van der Waals surface area contributed by atoms with Crippen LogP contribution in [0.1, 0.15) is 12.0 Å². The molecule has 0 spiro atoms. The van der Waals surface area contributed by atoms with Crippen molar-refractivity contribution in [2.45, 2.75) is 13.0 Å². The van der Waals surface area contributed by atoms with Crippen LogP contribution in [0.25, 0.3) is 0 Å². The molecule has 22 heavy (non-hydrogen) atoms. The molecule has 2 saturated heterocycles. The molecule has 0 radical (unpaired) electrons. The monoisotopic (exact) mass is 389 g/mol. The molecule has 2 aliphatic rings. The summed E-state index contributed by atoms with van der Waals surface area (Å²) in [6.45, 7) is 9.26. The van der Waals surface area contributed by atoms with E-state index < -0.39 is 0 Å². The Hall–Kier alpha value is -0.330. The van der Waals surface area contributed by atoms with Gasteiger partial charge in [-0.2, -0.15) is 0 Å². The lowest BCUT2D eigenvalue weighted by Crippen LogP contribution is -2.37. The highest BCUT2D eigenvalue weighted by molar-refractivity contribution is 9.10. The zero-order valence-corrected chi connectivity index (χ0v) is 15.3. The average Bonchev–Trinajstić information content (AvgIpc) is 2.79. The average molecular weight is 391 g/mol. The lowest BCUT2D eigenvalue weighted by molar-refractivity contribution is 0.122. The SMILES string of the molecule is Brc1ccc(CN2CCCNCC2)c(N2CCOCC2)c1.Cl. The van der Waals surface area contributed by atoms with E-state index in [9.17, 15) is 0 Å². The third-order valence-electron chi connectivity index (χ3n) is 4.23. The molecule has 0 aliphatic carbocycles. The molecule has 0 saturated carbocycles. The molecule has 0 aromatic heterocycles. The van der Waals surface area contributed by atoms with Crippen LogP contribution in [-0.2, 0) is 11.3 Å². The summed E-state index contributed by atoms with van der Waals surface area (Å²) < 4.78 is 6.64. The Balaban J connectivity index is 0.00000176. The molecule has 3 rings (SSSR count). The maximum absolute atomic E-state index is 5.49. The van der Waals surface area contributed by atoms with Gasteiger partial charge in [0.2, 0.25) is 0 Å². The molecule has 0 bridgehead atoms. The van der Waals surface area contributed by atoms with Crippen LogP contribution in [0.3, 0.4) is 0 Å². The number of hydrogen-bond donors (Lipinski definition) is 1. The van der Waals surface area contributed by atoms with E-state index in [4.69, 9.17) is 4.74 Å². The van der Waals surface area contributed by atoms with Gasteiger partial charge >= 0.3 is 0 Å². The van der Waals surface area contributed by atoms with Crippen LogP contribution in [0.15, 0.2) is 22.7 Å². The molecule has 2 fully saturated rings. The number of anilines is 1. The summed E-state index contributed by atoms with van der Waals surface area (Å²) in [6.07, 6.45) is 1.24. The third kappa shape index (κ3) is 4.83. The first kappa shape index (κ1) is 18.0. The van der Waals surface area contributed by atoms with Gasteiger partial charge in [-0.25, -0.2) is 0 Å². The highest BCUT2D eigenvalue weighted by Crippen LogP contribution is 2.27. The van der Waals surface area contributed by atoms with E-state index in [1.807, 2.05) is 0 Å². The van der Waals surface area contributed by atoms with E-state index in [2.05, 4.69) is 49.2 Å². The minimum Gasteiger partial charge on any atom is -0.378 e. The van der Waals surface area contributed by atoms with Crippen molar-refractivity contribution in [2.75, 3.05) is 57.4 Å². The lowest BCUT2D eigenvalue weighted by Gasteiger charge is -2.32. The number of morpholine rings is 1. The number of hydrogen-bond acceptors (Lipinski definition) is 4. The van der Waals surface area contributed by atoms with Crippen molar-refractivity contribution in [3.05, 3.63) is 28.2 Å². The number of halogens is 2. The number of benzene rings is 1. The molecule has 4 nitrogen and oxygen atoms in total. The van der Waals surface area contributed by atoms with Crippen molar-refractivity contribution < 1.29 is 4.74 Å². The van der Waals surface area contributed by atoms with Crippen molar-refractivity contribution in [3.8, 4) is 0 Å². The zero-order valence-electron chi connectivity index (χ0n) is 12.9. The van der Waals surface area contributed by atoms with E-state index in [-0.39, 0.29) is 12.4 Å². The minimum atomic E-state index is 0. The third-order valence-corrected chi connectivity index (χ3v) is 4.72. The molecular weight excluding hydrogens is 366 g/mol. The number of nitrogens with one attached hydrogen (secondary N) is 1. The quantitative estimate of drug-likeness (QED) is 0.858. The van der Waals surface area contributed by atoms with Crippen LogP contribution >= 0.6 is 28.3 Å². The smallest absolute Gasteiger partial charge is 0.0642 e. The van der Waals surface area contributed by atoms with E-state index >= 15 is 0 Å². The highest BCUT2D eigenvalue weighted by Gasteiger charge is 2.17. The second-order valence-corrected chi connectivity index (χ2v) is 6.67. The largest absolute Gasteiger partial charge is 0.378 e. The van der Waals surface area contributed by atoms with Crippen LogP contribution in [0.5, 0.6) is 0 Å². The van der Waals surface area contributed by atoms with Crippen molar-refractivity contribution in [3.63, 3.8) is 0 Å². The number of ether oxygens (including phenoxy) is 1. The van der Waals surface area contributed by atoms with Gasteiger partial charge < -0.3 is 15.0 Å². The Bertz CT molecular complexity index is 461. The number of nitrogens with zero attached hydrogens (tertiary/aromatic N) is 2. The molecule has 0 amide bonds. The van der Waals surface area contributed by atoms with Crippen LogP contribution in [0, 0.1) is 0 Å². The van der Waals surface area contributed by atoms with Gasteiger partial charge in [0.1, 0.15) is 0 Å². The Kier molecular flexibility index (Phi) is 7.44. The van der Waals surface area contributed by atoms with Crippen LogP contribution in [-0.4, -0.2) is 57.4 Å². The van der Waals surface area contributed by atoms with Crippen molar-refractivity contribution in [2.24, 2.45) is 0 Å². The molecule has 1 N–H and O–H groups in total. The first-order chi connectivity index (χ1) is 10.3. The summed E-state index contributed by atoms with van der Waals surface area (Å²) in [5.74, 6) is 0. The van der Waals surface area contributed by atoms with Crippen molar-refractivity contribution in [1.29, 1.82) is 0 Å². The predicted molar refractivity (Wildman–Crippen MR) is 97.2 cm³/mol. The van der Waals surface area contributed by atoms with E-state index in [0.29, 0.717) is 0 Å². The molecule has 6 heteroatoms. The summed E-state index contributed by atoms with van der Waals surface area (Å²) in [5, 5.41) is 3.47. The fourth-order valence-electron chi connectivity index (χ4n) is 3.07. The second kappa shape index (κ2) is 9.08. The van der Waals surface area contributed by atoms with Gasteiger partial charge in [0.25, 0.3) is 0 Å². The lowest BCUT2D eigenvalue weighted by atomic mass is 10.1. The van der Waals surface area contributed by atoms with Gasteiger partial charge in [0.05, 0.1) is 13.2 Å². The first-order valence-electron chi connectivity index (χ1n) is 7.87. The zero-order chi connectivity index (χ0) is 14.5. The summed E-state index contributed by atoms with van der Waals surface area (Å²) in [7, 11) is 0. The van der Waals surface area contributed by atoms with Crippen LogP contribution in [0.2, 0.25) is 0 Å². The highest BCUT2D eigenvalue weighted by atomic mass is 79.9. The maximum Gasteiger partial charge on any atom is 0.0642 e. The van der Waals surface area contributed by atoms with Crippen LogP contribution < -0.4 is 10.2 Å². The minimum absolute atomic E-state index is 0. The Morgan fingerprint density at radius 2 is 1.91 bits per heavy atom. The van der Waals surface area contributed by atoms with E-state index in [1.165, 1.54) is 24.2 Å². The maximum atomic E-state index is 5.49. The first-order valence-corrected chi connectivity index (χ1v) is 8.66. The molecule has 1 aromatic carbocycles. The van der Waals surface area contributed by atoms with Gasteiger partial charge in [-0.1, -0.05) is 22.0 Å². The fourth-order valence-corrected chi connectivity index (χ4v) is 3.42. The number of rotatable bonds is 3. The molecular formula is C16H25BrClN3O. The van der Waals surface area contributed by atoms with Gasteiger partial charge in [-0.15, -0.1) is 12.4 Å². The normalized spacial score (nSPS) is 20.3. The fraction of sp³-hybridized carbons (Fsp3) is 0.625. The summed E-state index contributed by atoms with van der Waals surface area (Å²) in [6, 6.07) is 6.69. The molecule has 0 unspecified atom stereocenters. The molecule has 2 aliphatic heterocycles.